The second-order valence-electron chi connectivity index (χ2n) is 6.95. The van der Waals surface area contributed by atoms with Crippen molar-refractivity contribution in [2.24, 2.45) is 0 Å². The van der Waals surface area contributed by atoms with Crippen LogP contribution in [0.15, 0.2) is 30.3 Å². The average molecular weight is 361 g/mol. The first-order valence-corrected chi connectivity index (χ1v) is 9.39. The molecule has 0 bridgehead atoms. The summed E-state index contributed by atoms with van der Waals surface area (Å²) in [7, 11) is 0. The molecule has 0 saturated heterocycles. The maximum Gasteiger partial charge on any atom is 0.251 e. The number of aromatic nitrogens is 4. The van der Waals surface area contributed by atoms with E-state index in [1.807, 2.05) is 38.1 Å². The Morgan fingerprint density at radius 2 is 1.85 bits per heavy atom. The lowest BCUT2D eigenvalue weighted by Crippen LogP contribution is -2.15. The summed E-state index contributed by atoms with van der Waals surface area (Å²) >= 11 is 0. The first-order valence-electron chi connectivity index (χ1n) is 9.39. The van der Waals surface area contributed by atoms with Gasteiger partial charge in [-0.1, -0.05) is 25.1 Å². The molecule has 0 aliphatic heterocycles. The van der Waals surface area contributed by atoms with E-state index in [1.165, 1.54) is 5.56 Å². The fourth-order valence-electron chi connectivity index (χ4n) is 3.65. The van der Waals surface area contributed by atoms with E-state index in [4.69, 9.17) is 5.10 Å². The van der Waals surface area contributed by atoms with E-state index in [9.17, 15) is 4.79 Å². The number of nitrogens with zero attached hydrogens (tertiary/aromatic N) is 4. The summed E-state index contributed by atoms with van der Waals surface area (Å²) in [6.07, 6.45) is 3.07. The normalized spacial score (nSPS) is 13.5. The Kier molecular flexibility index (Phi) is 4.48. The number of carbonyl (C=O) groups is 1. The highest BCUT2D eigenvalue weighted by atomic mass is 16.1. The van der Waals surface area contributed by atoms with Crippen LogP contribution in [0.25, 0.3) is 5.95 Å². The number of nitrogens with one attached hydrogen (secondary N) is 1. The van der Waals surface area contributed by atoms with Gasteiger partial charge in [-0.15, -0.1) is 5.10 Å². The molecule has 138 valence electrons. The number of fused-ring (bicyclic) bond motifs is 1. The van der Waals surface area contributed by atoms with Crippen LogP contribution in [-0.2, 0) is 12.8 Å². The van der Waals surface area contributed by atoms with Crippen LogP contribution in [0, 0.1) is 13.8 Å². The topological polar surface area (TPSA) is 72.7 Å². The summed E-state index contributed by atoms with van der Waals surface area (Å²) in [6, 6.07) is 10.0. The fraction of sp³-hybridized carbons (Fsp3) is 0.333. The second-order valence-corrected chi connectivity index (χ2v) is 6.95. The third-order valence-corrected chi connectivity index (χ3v) is 4.89. The van der Waals surface area contributed by atoms with Crippen LogP contribution in [-0.4, -0.2) is 25.5 Å². The highest BCUT2D eigenvalue weighted by molar-refractivity contribution is 6.03. The molecule has 1 aliphatic carbocycles. The monoisotopic (exact) mass is 361 g/mol. The largest absolute Gasteiger partial charge is 0.338 e. The van der Waals surface area contributed by atoms with E-state index >= 15 is 0 Å². The standard InChI is InChI=1S/C21H23N5O/c1-4-15-8-5-6-9-16(15)24-20-19-17(10-7-11-18(19)27)26(25-20)21-22-13(2)12-14(3)23-21/h5-6,8-9,12H,4,7,10-11H2,1-3H3,(H,24,25). The maximum absolute atomic E-state index is 12.7. The molecule has 0 fully saturated rings. The molecule has 0 amide bonds. The summed E-state index contributed by atoms with van der Waals surface area (Å²) in [5, 5.41) is 8.12. The van der Waals surface area contributed by atoms with Crippen LogP contribution >= 0.6 is 0 Å². The van der Waals surface area contributed by atoms with Gasteiger partial charge in [-0.3, -0.25) is 4.79 Å². The van der Waals surface area contributed by atoms with E-state index in [0.717, 1.165) is 42.0 Å². The first-order chi connectivity index (χ1) is 13.1. The van der Waals surface area contributed by atoms with E-state index in [1.54, 1.807) is 4.68 Å². The Balaban J connectivity index is 1.85. The minimum Gasteiger partial charge on any atom is -0.338 e. The Morgan fingerprint density at radius 3 is 2.59 bits per heavy atom. The maximum atomic E-state index is 12.7. The van der Waals surface area contributed by atoms with Gasteiger partial charge in [0.15, 0.2) is 11.6 Å². The second kappa shape index (κ2) is 6.95. The SMILES string of the molecule is CCc1ccccc1Nc1nn(-c2nc(C)cc(C)n2)c2c1C(=O)CCC2. The Morgan fingerprint density at radius 1 is 1.11 bits per heavy atom. The van der Waals surface area contributed by atoms with Gasteiger partial charge in [0.2, 0.25) is 0 Å². The van der Waals surface area contributed by atoms with Crippen molar-refractivity contribution >= 4 is 17.3 Å². The van der Waals surface area contributed by atoms with Crippen LogP contribution < -0.4 is 5.32 Å². The molecule has 27 heavy (non-hydrogen) atoms. The summed E-state index contributed by atoms with van der Waals surface area (Å²) in [6.45, 7) is 6.00. The summed E-state index contributed by atoms with van der Waals surface area (Å²) in [5.41, 5.74) is 5.51. The molecule has 0 saturated carbocycles. The third-order valence-electron chi connectivity index (χ3n) is 4.89. The molecule has 0 unspecified atom stereocenters. The van der Waals surface area contributed by atoms with Gasteiger partial charge in [-0.2, -0.15) is 0 Å². The Labute approximate surface area is 158 Å². The number of rotatable bonds is 4. The number of benzene rings is 1. The Hall–Kier alpha value is -3.02. The highest BCUT2D eigenvalue weighted by Crippen LogP contribution is 2.32. The number of para-hydroxylation sites is 1. The lowest BCUT2D eigenvalue weighted by Gasteiger charge is -2.14. The van der Waals surface area contributed by atoms with E-state index in [0.29, 0.717) is 23.8 Å². The number of hydrogen-bond acceptors (Lipinski definition) is 5. The quantitative estimate of drug-likeness (QED) is 0.757. The lowest BCUT2D eigenvalue weighted by molar-refractivity contribution is 0.0973. The third kappa shape index (κ3) is 3.23. The molecule has 6 nitrogen and oxygen atoms in total. The molecule has 3 aromatic rings. The highest BCUT2D eigenvalue weighted by Gasteiger charge is 2.29. The van der Waals surface area contributed by atoms with Crippen LogP contribution in [0.3, 0.4) is 0 Å². The Bertz CT molecular complexity index is 1000. The van der Waals surface area contributed by atoms with Crippen molar-refractivity contribution in [1.29, 1.82) is 0 Å². The lowest BCUT2D eigenvalue weighted by atomic mass is 9.96. The van der Waals surface area contributed by atoms with Crippen LogP contribution in [0.1, 0.15) is 52.8 Å². The molecule has 2 aromatic heterocycles. The molecule has 0 radical (unpaired) electrons. The van der Waals surface area contributed by atoms with E-state index < -0.39 is 0 Å². The molecule has 4 rings (SSSR count). The zero-order chi connectivity index (χ0) is 19.0. The van der Waals surface area contributed by atoms with Gasteiger partial charge in [0, 0.05) is 23.5 Å². The number of hydrogen-bond donors (Lipinski definition) is 1. The van der Waals surface area contributed by atoms with Crippen molar-refractivity contribution in [2.45, 2.75) is 46.5 Å². The first kappa shape index (κ1) is 17.4. The minimum atomic E-state index is 0.128. The molecular weight excluding hydrogens is 338 g/mol. The zero-order valence-electron chi connectivity index (χ0n) is 15.9. The van der Waals surface area contributed by atoms with Crippen molar-refractivity contribution in [3.05, 3.63) is 58.5 Å². The number of carbonyl (C=O) groups excluding carboxylic acids is 1. The predicted molar refractivity (Wildman–Crippen MR) is 105 cm³/mol. The molecule has 0 spiro atoms. The molecule has 1 aliphatic rings. The van der Waals surface area contributed by atoms with Crippen molar-refractivity contribution in [1.82, 2.24) is 19.7 Å². The molecular formula is C21H23N5O. The summed E-state index contributed by atoms with van der Waals surface area (Å²) < 4.78 is 1.74. The van der Waals surface area contributed by atoms with Crippen molar-refractivity contribution in [3.8, 4) is 5.95 Å². The van der Waals surface area contributed by atoms with Crippen LogP contribution in [0.2, 0.25) is 0 Å². The van der Waals surface area contributed by atoms with Gasteiger partial charge in [0.25, 0.3) is 5.95 Å². The van der Waals surface area contributed by atoms with Gasteiger partial charge >= 0.3 is 0 Å². The van der Waals surface area contributed by atoms with Gasteiger partial charge < -0.3 is 5.32 Å². The van der Waals surface area contributed by atoms with Crippen molar-refractivity contribution < 1.29 is 4.79 Å². The van der Waals surface area contributed by atoms with Gasteiger partial charge in [-0.05, 0) is 50.8 Å². The molecule has 6 heteroatoms. The number of ketones is 1. The zero-order valence-corrected chi connectivity index (χ0v) is 15.9. The minimum absolute atomic E-state index is 0.128. The van der Waals surface area contributed by atoms with Gasteiger partial charge in [0.05, 0.1) is 11.3 Å². The number of anilines is 2. The molecule has 1 aromatic carbocycles. The van der Waals surface area contributed by atoms with E-state index in [2.05, 4.69) is 28.3 Å². The van der Waals surface area contributed by atoms with Gasteiger partial charge in [-0.25, -0.2) is 14.6 Å². The molecule has 1 N–H and O–H groups in total. The van der Waals surface area contributed by atoms with E-state index in [-0.39, 0.29) is 5.78 Å². The summed E-state index contributed by atoms with van der Waals surface area (Å²) in [4.78, 5) is 21.8. The summed E-state index contributed by atoms with van der Waals surface area (Å²) in [5.74, 6) is 1.25. The fourth-order valence-corrected chi connectivity index (χ4v) is 3.65. The average Bonchev–Trinajstić information content (AvgIpc) is 3.01. The molecule has 0 atom stereocenters. The van der Waals surface area contributed by atoms with Gasteiger partial charge in [0.1, 0.15) is 0 Å². The number of aryl methyl sites for hydroxylation is 3. The predicted octanol–water partition coefficient (Wildman–Crippen LogP) is 4.10. The molecule has 2 heterocycles. The van der Waals surface area contributed by atoms with Crippen molar-refractivity contribution in [2.75, 3.05) is 5.32 Å². The smallest absolute Gasteiger partial charge is 0.251 e. The van der Waals surface area contributed by atoms with Crippen LogP contribution in [0.4, 0.5) is 11.5 Å². The van der Waals surface area contributed by atoms with Crippen molar-refractivity contribution in [3.63, 3.8) is 0 Å². The number of Topliss-reactive ketones (excluding diaryl/α,β-unsaturated/α-hetero) is 1. The van der Waals surface area contributed by atoms with Crippen LogP contribution in [0.5, 0.6) is 0 Å².